The van der Waals surface area contributed by atoms with Gasteiger partial charge < -0.3 is 82.0 Å². The number of nitrogens with one attached hydrogen (secondary N) is 1. The molecule has 0 saturated carbocycles. The quantitative estimate of drug-likeness (QED) is 0.0400. The minimum absolute atomic E-state index is 0.0434. The molecule has 136 heavy (non-hydrogen) atoms. The van der Waals surface area contributed by atoms with Crippen molar-refractivity contribution in [1.29, 1.82) is 0 Å². The van der Waals surface area contributed by atoms with Crippen LogP contribution in [0.5, 0.6) is 0 Å². The summed E-state index contributed by atoms with van der Waals surface area (Å²) in [6, 6.07) is 3.01. The Kier molecular flexibility index (Phi) is 36.6. The Morgan fingerprint density at radius 2 is 0.728 bits per heavy atom. The second-order valence-electron chi connectivity index (χ2n) is 36.7. The van der Waals surface area contributed by atoms with Crippen molar-refractivity contribution in [2.45, 2.75) is 159 Å². The number of nitrogens with two attached hydrogens (primary N) is 3. The largest absolute Gasteiger partial charge is 0.383 e. The molecule has 59 heteroatoms. The lowest BCUT2D eigenvalue weighted by molar-refractivity contribution is -0.132. The van der Waals surface area contributed by atoms with Gasteiger partial charge >= 0.3 is 63.1 Å². The number of imidazole rings is 1. The summed E-state index contributed by atoms with van der Waals surface area (Å²) in [6.45, 7) is 12.5. The van der Waals surface area contributed by atoms with E-state index in [1.54, 1.807) is 84.3 Å². The van der Waals surface area contributed by atoms with E-state index < -0.39 is 176 Å². The van der Waals surface area contributed by atoms with Gasteiger partial charge in [0.05, 0.1) is 140 Å². The molecule has 0 aromatic carbocycles. The normalized spacial score (nSPS) is 29.2. The zero-order valence-electron chi connectivity index (χ0n) is 81.7. The molecule has 9 unspecified atom stereocenters. The predicted octanol–water partition coefficient (Wildman–Crippen LogP) is 4.11. The fourth-order valence-electron chi connectivity index (χ4n) is 17.2. The number of aromatic amines is 1. The first-order valence-corrected chi connectivity index (χ1v) is 55.9. The summed E-state index contributed by atoms with van der Waals surface area (Å²) in [6.07, 6.45) is -5.40. The Labute approximate surface area is 792 Å². The Balaban J connectivity index is 0.795. The standard InChI is InChI=1S/C77H140N27O25P7/c1-23-57(8)130(109,87(9)10)116-43-59-33-95(30-55(6)124-59)132(111,89(13)14)119-46-61-35-97(39-67(126-61)101-26-24-65(78)84-75(101)106)133(112,90(15)16)121-48-63-37-99(41-69(128-63)103-28-53(4)74(105)86-77(103)108)135(114,92(19)20)120-47-62-36-98(40-68(127-62)102-27-25-66(79)85-76(102)107)134(113,91(17)18)122-49-64-38-100(42-70(129-64)104-51-83-71-72(80)81-50-82-73(71)104)136(115,93(21)22)118-45-60-34-96(31-56(7)125-60)131(110,88(11)12)117-44-58-32-94(52(2)3)29-54(5)123-58/h24-28,50-52,54-64,67-70H,23,29-49H2,1-22H3,(H2,78,84,106)(H2,79,85,107)(H2,80,81,82)(H,86,105,108)/t54-,55-,56-,57?,58-,59-,60-,61-,62-,63-,64-,67+,68+,69?,70+,130?,131?,132?,133?,134?,135?,136?/m0/s1. The number of hydrogen-bond acceptors (Lipinski definition) is 34. The second kappa shape index (κ2) is 45.4. The highest BCUT2D eigenvalue weighted by atomic mass is 31.2. The van der Waals surface area contributed by atoms with Crippen molar-refractivity contribution in [2.75, 3.05) is 254 Å². The number of morpholine rings is 7. The van der Waals surface area contributed by atoms with E-state index in [1.165, 1.54) is 130 Å². The minimum atomic E-state index is -4.53. The third-order valence-corrected chi connectivity index (χ3v) is 42.9. The van der Waals surface area contributed by atoms with Gasteiger partial charge in [0, 0.05) is 101 Å². The number of nitrogens with zero attached hydrogens (tertiary/aromatic N) is 23. The molecule has 12 rings (SSSR count). The summed E-state index contributed by atoms with van der Waals surface area (Å²) < 4.78 is 227. The van der Waals surface area contributed by atoms with E-state index in [2.05, 4.69) is 48.7 Å². The molecule has 12 heterocycles. The number of hydrogen-bond donors (Lipinski definition) is 4. The summed E-state index contributed by atoms with van der Waals surface area (Å²) in [7, 11) is -6.55. The lowest BCUT2D eigenvalue weighted by Crippen LogP contribution is -2.52. The first kappa shape index (κ1) is 110. The molecule has 0 radical (unpaired) electrons. The van der Waals surface area contributed by atoms with Crippen LogP contribution in [0, 0.1) is 6.92 Å². The maximum absolute atomic E-state index is 16.5. The summed E-state index contributed by atoms with van der Waals surface area (Å²) in [4.78, 5) is 80.7. The first-order chi connectivity index (χ1) is 63.8. The van der Waals surface area contributed by atoms with E-state index in [9.17, 15) is 23.7 Å². The van der Waals surface area contributed by atoms with E-state index in [1.807, 2.05) is 34.6 Å². The van der Waals surface area contributed by atoms with Crippen molar-refractivity contribution in [3.05, 3.63) is 90.7 Å². The molecule has 7 saturated heterocycles. The van der Waals surface area contributed by atoms with Crippen LogP contribution in [-0.2, 0) is 96.8 Å². The molecule has 0 bridgehead atoms. The van der Waals surface area contributed by atoms with Gasteiger partial charge in [0.1, 0.15) is 29.7 Å². The van der Waals surface area contributed by atoms with E-state index in [4.69, 9.17) is 82.0 Å². The maximum Gasteiger partial charge on any atom is 0.351 e. The Hall–Kier alpha value is -5.12. The Bertz CT molecular complexity index is 5530. The number of fused-ring (bicyclic) bond motifs is 1. The van der Waals surface area contributed by atoms with Crippen molar-refractivity contribution in [3.63, 3.8) is 0 Å². The predicted molar refractivity (Wildman–Crippen MR) is 507 cm³/mol. The van der Waals surface area contributed by atoms with Crippen LogP contribution in [0.25, 0.3) is 11.2 Å². The molecule has 7 aliphatic heterocycles. The topological polar surface area (TPSA) is 540 Å². The monoisotopic (exact) mass is 2060 g/mol. The van der Waals surface area contributed by atoms with Crippen LogP contribution in [0.15, 0.2) is 62.6 Å². The SMILES string of the molecule is CCC(C)P(=O)(OC[C@@H]1CN(P(=O)(OC[C@@H]2CN(P(=O)(OC[C@@H]3CN(P(=O)(OC[C@@H]4CN(P(=O)(OC[C@@H]5CN(P(=O)(OC[C@@H]6CN(P(=O)(OC[C@@H]7CN(C(C)C)C[C@H](C)O7)N(C)C)C[C@H](C)O6)N(C)C)C[C@H](n6cnc7c(N)ncnc76)O5)N(C)C)C[C@H](n5ccc(N)nc5=O)O4)N(C)C)CC(n4cc(C)c(=O)[nH]c4=O)O3)N(C)C)C[C@H](n3ccc(N)nc3=O)O2)N(C)C)C[C@H](C)O1)N(C)C. The van der Waals surface area contributed by atoms with Crippen LogP contribution in [-0.4, -0.2) is 423 Å². The number of H-pyrrole nitrogens is 1. The third-order valence-electron chi connectivity index (χ3n) is 24.6. The average Bonchev–Trinajstić information content (AvgIpc) is 1.63. The zero-order valence-corrected chi connectivity index (χ0v) is 88.0. The molecule has 5 aromatic heterocycles. The van der Waals surface area contributed by atoms with Gasteiger partial charge in [-0.25, -0.2) is 90.1 Å². The van der Waals surface area contributed by atoms with Crippen LogP contribution in [0.4, 0.5) is 17.5 Å². The third kappa shape index (κ3) is 24.7. The summed E-state index contributed by atoms with van der Waals surface area (Å²) in [5, 5.41) is 0. The molecule has 7 aliphatic rings. The summed E-state index contributed by atoms with van der Waals surface area (Å²) >= 11 is 0. The minimum Gasteiger partial charge on any atom is -0.383 e. The van der Waals surface area contributed by atoms with Crippen LogP contribution in [0.3, 0.4) is 0 Å². The number of nitrogen functional groups attached to an aromatic ring is 3. The van der Waals surface area contributed by atoms with Gasteiger partial charge in [-0.15, -0.1) is 0 Å². The highest BCUT2D eigenvalue weighted by Crippen LogP contribution is 2.63. The Morgan fingerprint density at radius 3 is 1.06 bits per heavy atom. The molecule has 7 N–H and O–H groups in total. The van der Waals surface area contributed by atoms with Crippen LogP contribution in [0.2, 0.25) is 0 Å². The van der Waals surface area contributed by atoms with Gasteiger partial charge in [-0.1, -0.05) is 13.8 Å². The number of aryl methyl sites for hydroxylation is 1. The molecule has 7 fully saturated rings. The molecular formula is C77H140N27O25P7. The van der Waals surface area contributed by atoms with Crippen molar-refractivity contribution in [3.8, 4) is 0 Å². The van der Waals surface area contributed by atoms with Crippen molar-refractivity contribution >= 4 is 82.2 Å². The Morgan fingerprint density at radius 1 is 0.412 bits per heavy atom. The van der Waals surface area contributed by atoms with Gasteiger partial charge in [0.25, 0.3) is 13.1 Å². The molecule has 768 valence electrons. The van der Waals surface area contributed by atoms with Gasteiger partial charge in [-0.3, -0.25) is 64.9 Å². The lowest BCUT2D eigenvalue weighted by atomic mass is 10.2. The average molecular weight is 2060 g/mol. The van der Waals surface area contributed by atoms with Crippen molar-refractivity contribution in [2.24, 2.45) is 0 Å². The molecule has 5 aromatic rings. The van der Waals surface area contributed by atoms with Crippen LogP contribution >= 0.6 is 53.5 Å². The fraction of sp³-hybridized carbons (Fsp3) is 0.779. The number of aromatic nitrogens is 10. The lowest BCUT2D eigenvalue weighted by Gasteiger charge is -2.46. The smallest absolute Gasteiger partial charge is 0.351 e. The van der Waals surface area contributed by atoms with E-state index in [-0.39, 0.29) is 156 Å². The van der Waals surface area contributed by atoms with E-state index in [0.29, 0.717) is 13.0 Å². The highest BCUT2D eigenvalue weighted by Gasteiger charge is 2.53. The number of rotatable bonds is 41. The zero-order chi connectivity index (χ0) is 99.6. The van der Waals surface area contributed by atoms with E-state index in [0.717, 1.165) is 20.2 Å². The number of ether oxygens (including phenoxy) is 7. The van der Waals surface area contributed by atoms with Crippen LogP contribution in [0.1, 0.15) is 85.4 Å². The molecule has 0 spiro atoms. The molecule has 0 aliphatic carbocycles. The summed E-state index contributed by atoms with van der Waals surface area (Å²) in [5.74, 6) is -0.126. The highest BCUT2D eigenvalue weighted by molar-refractivity contribution is 7.57. The van der Waals surface area contributed by atoms with Gasteiger partial charge in [0.2, 0.25) is 0 Å². The maximum atomic E-state index is 16.5. The van der Waals surface area contributed by atoms with E-state index >= 15 is 27.4 Å². The van der Waals surface area contributed by atoms with Crippen molar-refractivity contribution < 1.29 is 96.8 Å². The van der Waals surface area contributed by atoms with Crippen LogP contribution < -0.4 is 39.8 Å². The fourth-order valence-corrected chi connectivity index (χ4v) is 31.5. The second-order valence-corrected chi connectivity index (χ2v) is 55.4. The molecule has 22 atom stereocenters. The summed E-state index contributed by atoms with van der Waals surface area (Å²) in [5.41, 5.74) is 15.4. The van der Waals surface area contributed by atoms with Crippen molar-refractivity contribution in [1.82, 2.24) is 114 Å². The van der Waals surface area contributed by atoms with Gasteiger partial charge in [0.15, 0.2) is 30.1 Å². The first-order valence-electron chi connectivity index (χ1n) is 45.1. The molecule has 0 amide bonds. The molecule has 52 nitrogen and oxygen atoms in total. The molecular weight excluding hydrogens is 1920 g/mol. The van der Waals surface area contributed by atoms with Gasteiger partial charge in [-0.05, 0) is 159 Å². The number of anilines is 3. The van der Waals surface area contributed by atoms with Gasteiger partial charge in [-0.2, -0.15) is 9.97 Å².